The van der Waals surface area contributed by atoms with E-state index < -0.39 is 0 Å². The number of carbonyl (C=O) groups is 1. The summed E-state index contributed by atoms with van der Waals surface area (Å²) < 4.78 is 12.8. The van der Waals surface area contributed by atoms with E-state index in [0.29, 0.717) is 13.1 Å². The highest BCUT2D eigenvalue weighted by atomic mass is 32.2. The molecule has 21 heavy (non-hydrogen) atoms. The maximum absolute atomic E-state index is 12.8. The van der Waals surface area contributed by atoms with Gasteiger partial charge >= 0.3 is 6.03 Å². The molecule has 4 nitrogen and oxygen atoms in total. The van der Waals surface area contributed by atoms with Crippen LogP contribution in [0.15, 0.2) is 47.6 Å². The van der Waals surface area contributed by atoms with Crippen molar-refractivity contribution in [2.75, 3.05) is 17.2 Å². The van der Waals surface area contributed by atoms with Crippen LogP contribution < -0.4 is 10.2 Å². The van der Waals surface area contributed by atoms with Crippen molar-refractivity contribution in [1.82, 2.24) is 10.3 Å². The number of pyridine rings is 1. The molecule has 0 saturated carbocycles. The Hall–Kier alpha value is -2.08. The van der Waals surface area contributed by atoms with Gasteiger partial charge in [0.2, 0.25) is 0 Å². The zero-order valence-electron chi connectivity index (χ0n) is 11.3. The molecule has 2 heterocycles. The van der Waals surface area contributed by atoms with Crippen molar-refractivity contribution in [3.63, 3.8) is 0 Å². The van der Waals surface area contributed by atoms with Gasteiger partial charge in [0, 0.05) is 25.0 Å². The predicted octanol–water partition coefficient (Wildman–Crippen LogP) is 3.04. The number of fused-ring (bicyclic) bond motifs is 1. The van der Waals surface area contributed by atoms with Gasteiger partial charge in [-0.3, -0.25) is 4.90 Å². The fourth-order valence-electron chi connectivity index (χ4n) is 2.14. The van der Waals surface area contributed by atoms with Gasteiger partial charge in [-0.05, 0) is 29.8 Å². The summed E-state index contributed by atoms with van der Waals surface area (Å²) in [6.45, 7) is 1.02. The van der Waals surface area contributed by atoms with Gasteiger partial charge in [-0.2, -0.15) is 0 Å². The highest BCUT2D eigenvalue weighted by molar-refractivity contribution is 7.99. The first-order valence-electron chi connectivity index (χ1n) is 6.61. The fraction of sp³-hybridized carbons (Fsp3) is 0.200. The van der Waals surface area contributed by atoms with Crippen LogP contribution in [0.3, 0.4) is 0 Å². The lowest BCUT2D eigenvalue weighted by Crippen LogP contribution is -2.42. The smallest absolute Gasteiger partial charge is 0.322 e. The summed E-state index contributed by atoms with van der Waals surface area (Å²) in [5.74, 6) is 0.548. The van der Waals surface area contributed by atoms with E-state index in [9.17, 15) is 9.18 Å². The molecule has 1 aliphatic rings. The van der Waals surface area contributed by atoms with Crippen molar-refractivity contribution in [3.05, 3.63) is 54.0 Å². The standard InChI is InChI=1S/C15H14FN3OS/c16-12-5-3-11(4-6-12)10-18-15(20)19-8-9-21-14-13(19)2-1-7-17-14/h1-7H,8-10H2,(H,18,20). The molecule has 0 fully saturated rings. The Labute approximate surface area is 126 Å². The maximum Gasteiger partial charge on any atom is 0.322 e. The number of aromatic nitrogens is 1. The minimum absolute atomic E-state index is 0.158. The topological polar surface area (TPSA) is 45.2 Å². The quantitative estimate of drug-likeness (QED) is 0.927. The molecular weight excluding hydrogens is 289 g/mol. The van der Waals surface area contributed by atoms with Crippen molar-refractivity contribution >= 4 is 23.5 Å². The van der Waals surface area contributed by atoms with E-state index in [-0.39, 0.29) is 11.8 Å². The number of anilines is 1. The van der Waals surface area contributed by atoms with Crippen molar-refractivity contribution in [2.45, 2.75) is 11.6 Å². The summed E-state index contributed by atoms with van der Waals surface area (Å²) in [6.07, 6.45) is 1.73. The summed E-state index contributed by atoms with van der Waals surface area (Å²) >= 11 is 1.65. The Morgan fingerprint density at radius 3 is 2.95 bits per heavy atom. The number of nitrogens with one attached hydrogen (secondary N) is 1. The van der Waals surface area contributed by atoms with Crippen molar-refractivity contribution in [3.8, 4) is 0 Å². The van der Waals surface area contributed by atoms with E-state index in [1.54, 1.807) is 35.0 Å². The lowest BCUT2D eigenvalue weighted by Gasteiger charge is -2.28. The lowest BCUT2D eigenvalue weighted by molar-refractivity contribution is 0.246. The first-order valence-corrected chi connectivity index (χ1v) is 7.60. The van der Waals surface area contributed by atoms with Gasteiger partial charge in [-0.1, -0.05) is 12.1 Å². The van der Waals surface area contributed by atoms with E-state index in [1.807, 2.05) is 12.1 Å². The fourth-order valence-corrected chi connectivity index (χ4v) is 3.07. The molecule has 0 saturated heterocycles. The molecule has 2 amide bonds. The second kappa shape index (κ2) is 6.13. The Bertz CT molecular complexity index is 648. The average molecular weight is 303 g/mol. The molecule has 3 rings (SSSR count). The van der Waals surface area contributed by atoms with Crippen LogP contribution in [-0.2, 0) is 6.54 Å². The van der Waals surface area contributed by atoms with Gasteiger partial charge in [0.15, 0.2) is 0 Å². The number of rotatable bonds is 2. The number of carbonyl (C=O) groups excluding carboxylic acids is 1. The lowest BCUT2D eigenvalue weighted by atomic mass is 10.2. The van der Waals surface area contributed by atoms with Crippen LogP contribution in [0.5, 0.6) is 0 Å². The summed E-state index contributed by atoms with van der Waals surface area (Å²) in [5, 5.41) is 3.73. The van der Waals surface area contributed by atoms with Gasteiger partial charge in [0.1, 0.15) is 10.8 Å². The molecular formula is C15H14FN3OS. The third-order valence-electron chi connectivity index (χ3n) is 3.20. The number of urea groups is 1. The minimum atomic E-state index is -0.280. The molecule has 1 aromatic heterocycles. The predicted molar refractivity (Wildman–Crippen MR) is 80.9 cm³/mol. The first-order chi connectivity index (χ1) is 10.2. The van der Waals surface area contributed by atoms with Crippen molar-refractivity contribution in [1.29, 1.82) is 0 Å². The Balaban J connectivity index is 1.68. The number of nitrogens with zero attached hydrogens (tertiary/aromatic N) is 2. The molecule has 6 heteroatoms. The van der Waals surface area contributed by atoms with Gasteiger partial charge in [-0.25, -0.2) is 14.2 Å². The molecule has 0 atom stereocenters. The van der Waals surface area contributed by atoms with Crippen LogP contribution in [0.25, 0.3) is 0 Å². The zero-order chi connectivity index (χ0) is 14.7. The van der Waals surface area contributed by atoms with Crippen molar-refractivity contribution in [2.24, 2.45) is 0 Å². The molecule has 0 unspecified atom stereocenters. The van der Waals surface area contributed by atoms with Gasteiger partial charge in [0.05, 0.1) is 5.69 Å². The highest BCUT2D eigenvalue weighted by Gasteiger charge is 2.23. The monoisotopic (exact) mass is 303 g/mol. The van der Waals surface area contributed by atoms with E-state index in [0.717, 1.165) is 22.0 Å². The SMILES string of the molecule is O=C(NCc1ccc(F)cc1)N1CCSc2ncccc21. The van der Waals surface area contributed by atoms with Gasteiger partial charge in [-0.15, -0.1) is 11.8 Å². The number of halogens is 1. The second-order valence-electron chi connectivity index (χ2n) is 4.61. The minimum Gasteiger partial charge on any atom is -0.334 e. The average Bonchev–Trinajstić information content (AvgIpc) is 2.53. The normalized spacial score (nSPS) is 13.7. The number of thioether (sulfide) groups is 1. The molecule has 0 spiro atoms. The van der Waals surface area contributed by atoms with E-state index in [2.05, 4.69) is 10.3 Å². The molecule has 0 aliphatic carbocycles. The Morgan fingerprint density at radius 1 is 1.33 bits per heavy atom. The number of hydrogen-bond donors (Lipinski definition) is 1. The second-order valence-corrected chi connectivity index (χ2v) is 5.70. The highest BCUT2D eigenvalue weighted by Crippen LogP contribution is 2.32. The Morgan fingerprint density at radius 2 is 2.14 bits per heavy atom. The maximum atomic E-state index is 12.8. The van der Waals surface area contributed by atoms with Gasteiger partial charge < -0.3 is 5.32 Å². The summed E-state index contributed by atoms with van der Waals surface area (Å²) in [5.41, 5.74) is 1.70. The van der Waals surface area contributed by atoms with E-state index in [4.69, 9.17) is 0 Å². The molecule has 108 valence electrons. The largest absolute Gasteiger partial charge is 0.334 e. The zero-order valence-corrected chi connectivity index (χ0v) is 12.1. The van der Waals surface area contributed by atoms with Crippen LogP contribution in [0.2, 0.25) is 0 Å². The molecule has 1 N–H and O–H groups in total. The van der Waals surface area contributed by atoms with Crippen molar-refractivity contribution < 1.29 is 9.18 Å². The van der Waals surface area contributed by atoms with Crippen LogP contribution in [0.4, 0.5) is 14.9 Å². The molecule has 1 aromatic carbocycles. The molecule has 2 aromatic rings. The summed E-state index contributed by atoms with van der Waals surface area (Å²) in [4.78, 5) is 18.3. The van der Waals surface area contributed by atoms with E-state index >= 15 is 0 Å². The van der Waals surface area contributed by atoms with Crippen LogP contribution in [-0.4, -0.2) is 23.3 Å². The number of amides is 2. The molecule has 1 aliphatic heterocycles. The third-order valence-corrected chi connectivity index (χ3v) is 4.17. The molecule has 0 bridgehead atoms. The summed E-state index contributed by atoms with van der Waals surface area (Å²) in [6, 6.07) is 9.66. The van der Waals surface area contributed by atoms with Crippen LogP contribution >= 0.6 is 11.8 Å². The van der Waals surface area contributed by atoms with Gasteiger partial charge in [0.25, 0.3) is 0 Å². The Kier molecular flexibility index (Phi) is 4.06. The van der Waals surface area contributed by atoms with E-state index in [1.165, 1.54) is 12.1 Å². The van der Waals surface area contributed by atoms with Crippen LogP contribution in [0.1, 0.15) is 5.56 Å². The first kappa shape index (κ1) is 13.9. The number of benzene rings is 1. The number of hydrogen-bond acceptors (Lipinski definition) is 3. The summed E-state index contributed by atoms with van der Waals surface area (Å²) in [7, 11) is 0. The molecule has 0 radical (unpaired) electrons. The third kappa shape index (κ3) is 3.16. The van der Waals surface area contributed by atoms with Crippen LogP contribution in [0, 0.1) is 5.82 Å².